The molecule has 0 bridgehead atoms. The summed E-state index contributed by atoms with van der Waals surface area (Å²) >= 11 is 0. The van der Waals surface area contributed by atoms with Crippen molar-refractivity contribution in [3.8, 4) is 0 Å². The topological polar surface area (TPSA) is 41.4 Å². The van der Waals surface area contributed by atoms with E-state index in [2.05, 4.69) is 42.4 Å². The largest absolute Gasteiger partial charge is 0.338 e. The fraction of sp³-hybridized carbons (Fsp3) is 0.333. The Kier molecular flexibility index (Phi) is 6.88. The first-order chi connectivity index (χ1) is 17.4. The van der Waals surface area contributed by atoms with Gasteiger partial charge in [0.25, 0.3) is 0 Å². The first-order valence-electron chi connectivity index (χ1n) is 12.7. The minimum Gasteiger partial charge on any atom is -0.338 e. The predicted molar refractivity (Wildman–Crippen MR) is 142 cm³/mol. The van der Waals surface area contributed by atoms with Gasteiger partial charge in [-0.05, 0) is 66.9 Å². The molecule has 186 valence electrons. The van der Waals surface area contributed by atoms with E-state index in [4.69, 9.17) is 4.98 Å². The fourth-order valence-electron chi connectivity index (χ4n) is 5.09. The van der Waals surface area contributed by atoms with Crippen LogP contribution in [0.15, 0.2) is 66.7 Å². The molecule has 2 heterocycles. The van der Waals surface area contributed by atoms with Crippen LogP contribution < -0.4 is 0 Å². The second-order valence-electron chi connectivity index (χ2n) is 9.70. The lowest BCUT2D eigenvalue weighted by atomic mass is 10.0. The second-order valence-corrected chi connectivity index (χ2v) is 9.70. The van der Waals surface area contributed by atoms with Crippen LogP contribution in [0.3, 0.4) is 0 Å². The Morgan fingerprint density at radius 1 is 0.944 bits per heavy atom. The molecule has 1 aromatic heterocycles. The molecule has 0 saturated carbocycles. The van der Waals surface area contributed by atoms with Gasteiger partial charge in [0.05, 0.1) is 11.0 Å². The number of rotatable bonds is 6. The maximum absolute atomic E-state index is 14.2. The molecule has 3 aromatic carbocycles. The zero-order valence-electron chi connectivity index (χ0n) is 21.2. The van der Waals surface area contributed by atoms with E-state index in [0.29, 0.717) is 19.5 Å². The summed E-state index contributed by atoms with van der Waals surface area (Å²) in [5, 5.41) is 0. The van der Waals surface area contributed by atoms with Crippen LogP contribution in [0.25, 0.3) is 11.0 Å². The Bertz CT molecular complexity index is 1360. The maximum Gasteiger partial charge on any atom is 0.250 e. The highest BCUT2D eigenvalue weighted by atomic mass is 19.1. The molecule has 5 rings (SSSR count). The lowest BCUT2D eigenvalue weighted by Crippen LogP contribution is -2.50. The Morgan fingerprint density at radius 3 is 2.28 bits per heavy atom. The average molecular weight is 485 g/mol. The van der Waals surface area contributed by atoms with Gasteiger partial charge >= 0.3 is 0 Å². The summed E-state index contributed by atoms with van der Waals surface area (Å²) < 4.78 is 15.7. The number of likely N-dealkylation sites (N-methyl/N-ethyl adjacent to an activating group) is 1. The van der Waals surface area contributed by atoms with Gasteiger partial charge in [-0.1, -0.05) is 49.4 Å². The zero-order chi connectivity index (χ0) is 25.2. The number of fused-ring (bicyclic) bond motifs is 1. The zero-order valence-corrected chi connectivity index (χ0v) is 21.2. The van der Waals surface area contributed by atoms with E-state index in [1.165, 1.54) is 17.7 Å². The number of nitrogens with zero attached hydrogens (tertiary/aromatic N) is 4. The summed E-state index contributed by atoms with van der Waals surface area (Å²) in [6.07, 6.45) is 0.507. The van der Waals surface area contributed by atoms with E-state index in [1.54, 1.807) is 12.1 Å². The molecule has 6 heteroatoms. The number of carbonyl (C=O) groups excluding carboxylic acids is 1. The molecule has 4 aromatic rings. The number of carbonyl (C=O) groups is 1. The number of piperazine rings is 1. The van der Waals surface area contributed by atoms with Crippen LogP contribution in [0.1, 0.15) is 41.0 Å². The first-order valence-corrected chi connectivity index (χ1v) is 12.7. The number of benzene rings is 3. The van der Waals surface area contributed by atoms with Crippen molar-refractivity contribution in [2.75, 3.05) is 32.7 Å². The third-order valence-electron chi connectivity index (χ3n) is 7.39. The van der Waals surface area contributed by atoms with Gasteiger partial charge in [-0.25, -0.2) is 9.37 Å². The standard InChI is InChI=1S/C30H33FN4O/c1-4-33-14-16-34(17-15-33)30(36)29(24-8-6-5-7-9-24)35-27-19-22(3)21(2)18-26(27)32-28(35)20-23-10-12-25(31)13-11-23/h5-13,18-19,29H,4,14-17,20H2,1-3H3. The van der Waals surface area contributed by atoms with Crippen LogP contribution in [0, 0.1) is 19.7 Å². The van der Waals surface area contributed by atoms with Crippen molar-refractivity contribution in [2.24, 2.45) is 0 Å². The number of aryl methyl sites for hydroxylation is 2. The van der Waals surface area contributed by atoms with E-state index in [0.717, 1.165) is 53.2 Å². The highest BCUT2D eigenvalue weighted by molar-refractivity contribution is 5.87. The van der Waals surface area contributed by atoms with Gasteiger partial charge in [-0.2, -0.15) is 0 Å². The van der Waals surface area contributed by atoms with Crippen molar-refractivity contribution >= 4 is 16.9 Å². The molecule has 1 aliphatic rings. The smallest absolute Gasteiger partial charge is 0.250 e. The Labute approximate surface area is 212 Å². The summed E-state index contributed by atoms with van der Waals surface area (Å²) in [5.74, 6) is 0.632. The molecule has 0 spiro atoms. The molecule has 0 radical (unpaired) electrons. The highest BCUT2D eigenvalue weighted by Crippen LogP contribution is 2.31. The van der Waals surface area contributed by atoms with Crippen molar-refractivity contribution in [1.29, 1.82) is 0 Å². The molecule has 1 unspecified atom stereocenters. The van der Waals surface area contributed by atoms with E-state index >= 15 is 0 Å². The molecule has 1 fully saturated rings. The third kappa shape index (κ3) is 4.78. The minimum atomic E-state index is -0.526. The maximum atomic E-state index is 14.2. The third-order valence-corrected chi connectivity index (χ3v) is 7.39. The van der Waals surface area contributed by atoms with Crippen LogP contribution in [0.2, 0.25) is 0 Å². The number of hydrogen-bond donors (Lipinski definition) is 0. The number of aromatic nitrogens is 2. The van der Waals surface area contributed by atoms with Crippen LogP contribution in [-0.2, 0) is 11.2 Å². The van der Waals surface area contributed by atoms with Crippen molar-refractivity contribution in [2.45, 2.75) is 33.2 Å². The van der Waals surface area contributed by atoms with Crippen LogP contribution in [0.4, 0.5) is 4.39 Å². The van der Waals surface area contributed by atoms with E-state index < -0.39 is 6.04 Å². The van der Waals surface area contributed by atoms with Gasteiger partial charge in [0.15, 0.2) is 0 Å². The van der Waals surface area contributed by atoms with E-state index in [9.17, 15) is 9.18 Å². The van der Waals surface area contributed by atoms with Crippen LogP contribution in [-0.4, -0.2) is 58.0 Å². The van der Waals surface area contributed by atoms with Crippen molar-refractivity contribution in [3.05, 3.63) is 101 Å². The van der Waals surface area contributed by atoms with Crippen molar-refractivity contribution in [1.82, 2.24) is 19.4 Å². The van der Waals surface area contributed by atoms with E-state index in [-0.39, 0.29) is 11.7 Å². The molecule has 1 atom stereocenters. The van der Waals surface area contributed by atoms with Gasteiger partial charge in [-0.15, -0.1) is 0 Å². The Balaban J connectivity index is 1.65. The SMILES string of the molecule is CCN1CCN(C(=O)C(c2ccccc2)n2c(Cc3ccc(F)cc3)nc3cc(C)c(C)cc32)CC1. The quantitative estimate of drug-likeness (QED) is 0.381. The average Bonchev–Trinajstić information content (AvgIpc) is 3.22. The molecular weight excluding hydrogens is 451 g/mol. The number of amides is 1. The van der Waals surface area contributed by atoms with Gasteiger partial charge in [-0.3, -0.25) is 4.79 Å². The molecule has 0 aliphatic carbocycles. The van der Waals surface area contributed by atoms with Gasteiger partial charge in [0.2, 0.25) is 5.91 Å². The fourth-order valence-corrected chi connectivity index (χ4v) is 5.09. The lowest BCUT2D eigenvalue weighted by Gasteiger charge is -2.36. The van der Waals surface area contributed by atoms with Crippen molar-refractivity contribution < 1.29 is 9.18 Å². The number of hydrogen-bond acceptors (Lipinski definition) is 3. The number of halogens is 1. The second kappa shape index (κ2) is 10.2. The highest BCUT2D eigenvalue weighted by Gasteiger charge is 2.32. The molecule has 1 amide bonds. The van der Waals surface area contributed by atoms with Gasteiger partial charge in [0.1, 0.15) is 17.7 Å². The molecule has 0 N–H and O–H groups in total. The molecule has 36 heavy (non-hydrogen) atoms. The minimum absolute atomic E-state index is 0.0924. The molecule has 1 aliphatic heterocycles. The Hall–Kier alpha value is -3.51. The Morgan fingerprint density at radius 2 is 1.61 bits per heavy atom. The molecule has 5 nitrogen and oxygen atoms in total. The molecular formula is C30H33FN4O. The van der Waals surface area contributed by atoms with Gasteiger partial charge in [0, 0.05) is 32.6 Å². The normalized spacial score (nSPS) is 15.4. The van der Waals surface area contributed by atoms with Crippen LogP contribution >= 0.6 is 0 Å². The summed E-state index contributed by atoms with van der Waals surface area (Å²) in [7, 11) is 0. The predicted octanol–water partition coefficient (Wildman–Crippen LogP) is 5.14. The van der Waals surface area contributed by atoms with Crippen LogP contribution in [0.5, 0.6) is 0 Å². The summed E-state index contributed by atoms with van der Waals surface area (Å²) in [4.78, 5) is 23.6. The monoisotopic (exact) mass is 484 g/mol. The molecule has 1 saturated heterocycles. The lowest BCUT2D eigenvalue weighted by molar-refractivity contribution is -0.135. The summed E-state index contributed by atoms with van der Waals surface area (Å²) in [6, 6.07) is 20.2. The first kappa shape index (κ1) is 24.2. The van der Waals surface area contributed by atoms with E-state index in [1.807, 2.05) is 35.2 Å². The number of imidazole rings is 1. The van der Waals surface area contributed by atoms with Crippen molar-refractivity contribution in [3.63, 3.8) is 0 Å². The van der Waals surface area contributed by atoms with Gasteiger partial charge < -0.3 is 14.4 Å². The summed E-state index contributed by atoms with van der Waals surface area (Å²) in [5.41, 5.74) is 6.05. The summed E-state index contributed by atoms with van der Waals surface area (Å²) in [6.45, 7) is 10.5.